The van der Waals surface area contributed by atoms with Crippen molar-refractivity contribution in [3.05, 3.63) is 71.1 Å². The summed E-state index contributed by atoms with van der Waals surface area (Å²) in [4.78, 5) is 4.41. The van der Waals surface area contributed by atoms with Crippen molar-refractivity contribution in [2.45, 2.75) is 13.0 Å². The van der Waals surface area contributed by atoms with Gasteiger partial charge in [0.25, 0.3) is 0 Å². The quantitative estimate of drug-likeness (QED) is 0.719. The highest BCUT2D eigenvalue weighted by Gasteiger charge is 2.09. The molecule has 1 unspecified atom stereocenters. The van der Waals surface area contributed by atoms with Crippen LogP contribution in [-0.4, -0.2) is 4.98 Å². The molecule has 4 heteroatoms. The molecule has 0 aliphatic rings. The number of hydrogen-bond donors (Lipinski definition) is 1. The SMILES string of the molecule is CC(Nc1cnc2ccccc2c1)c1ccc(F)c(Cl)c1. The normalized spacial score (nSPS) is 12.3. The first-order valence-corrected chi connectivity index (χ1v) is 7.07. The van der Waals surface area contributed by atoms with Crippen molar-refractivity contribution in [3.63, 3.8) is 0 Å². The third-order valence-corrected chi connectivity index (χ3v) is 3.71. The average Bonchev–Trinajstić information content (AvgIpc) is 2.50. The highest BCUT2D eigenvalue weighted by molar-refractivity contribution is 6.30. The molecule has 0 saturated carbocycles. The highest BCUT2D eigenvalue weighted by atomic mass is 35.5. The fourth-order valence-corrected chi connectivity index (χ4v) is 2.45. The molecule has 21 heavy (non-hydrogen) atoms. The van der Waals surface area contributed by atoms with Crippen LogP contribution in [0.3, 0.4) is 0 Å². The number of benzene rings is 2. The standard InChI is InChI=1S/C17H14ClFN2/c1-11(12-6-7-16(19)15(18)9-12)21-14-8-13-4-2-3-5-17(13)20-10-14/h2-11,21H,1H3. The molecule has 1 atom stereocenters. The van der Waals surface area contributed by atoms with Crippen LogP contribution in [0.15, 0.2) is 54.7 Å². The van der Waals surface area contributed by atoms with Crippen molar-refractivity contribution in [3.8, 4) is 0 Å². The summed E-state index contributed by atoms with van der Waals surface area (Å²) in [6, 6.07) is 14.7. The number of para-hydroxylation sites is 1. The van der Waals surface area contributed by atoms with Gasteiger partial charge >= 0.3 is 0 Å². The Morgan fingerprint density at radius 2 is 1.95 bits per heavy atom. The van der Waals surface area contributed by atoms with Gasteiger partial charge in [0.2, 0.25) is 0 Å². The van der Waals surface area contributed by atoms with Crippen LogP contribution in [0.1, 0.15) is 18.5 Å². The summed E-state index contributed by atoms with van der Waals surface area (Å²) in [5.74, 6) is -0.403. The van der Waals surface area contributed by atoms with Gasteiger partial charge in [0.1, 0.15) is 5.82 Å². The van der Waals surface area contributed by atoms with Gasteiger partial charge in [0.05, 0.1) is 22.4 Å². The molecule has 1 N–H and O–H groups in total. The van der Waals surface area contributed by atoms with Crippen LogP contribution in [0.2, 0.25) is 5.02 Å². The first-order valence-electron chi connectivity index (χ1n) is 6.70. The second kappa shape index (κ2) is 5.70. The van der Waals surface area contributed by atoms with Gasteiger partial charge in [0.15, 0.2) is 0 Å². The number of fused-ring (bicyclic) bond motifs is 1. The number of nitrogens with zero attached hydrogens (tertiary/aromatic N) is 1. The molecule has 0 saturated heterocycles. The zero-order valence-electron chi connectivity index (χ0n) is 11.5. The lowest BCUT2D eigenvalue weighted by molar-refractivity contribution is 0.627. The lowest BCUT2D eigenvalue weighted by Gasteiger charge is -2.16. The molecule has 3 rings (SSSR count). The van der Waals surface area contributed by atoms with E-state index in [1.807, 2.05) is 37.3 Å². The van der Waals surface area contributed by atoms with Crippen LogP contribution in [0, 0.1) is 5.82 Å². The summed E-state index contributed by atoms with van der Waals surface area (Å²) in [6.07, 6.45) is 1.80. The van der Waals surface area contributed by atoms with E-state index in [1.165, 1.54) is 6.07 Å². The maximum atomic E-state index is 13.2. The van der Waals surface area contributed by atoms with E-state index in [2.05, 4.69) is 10.3 Å². The second-order valence-electron chi connectivity index (χ2n) is 4.96. The zero-order valence-corrected chi connectivity index (χ0v) is 12.2. The monoisotopic (exact) mass is 300 g/mol. The van der Waals surface area contributed by atoms with Gasteiger partial charge in [0, 0.05) is 11.4 Å². The average molecular weight is 301 g/mol. The molecule has 0 aliphatic carbocycles. The Balaban J connectivity index is 1.85. The summed E-state index contributed by atoms with van der Waals surface area (Å²) in [5, 5.41) is 4.57. The molecular formula is C17H14ClFN2. The van der Waals surface area contributed by atoms with Gasteiger partial charge in [-0.25, -0.2) is 4.39 Å². The number of halogens is 2. The van der Waals surface area contributed by atoms with Crippen LogP contribution in [0.25, 0.3) is 10.9 Å². The third kappa shape index (κ3) is 2.98. The van der Waals surface area contributed by atoms with Crippen molar-refractivity contribution in [1.82, 2.24) is 4.98 Å². The Labute approximate surface area is 127 Å². The Morgan fingerprint density at radius 3 is 2.76 bits per heavy atom. The minimum absolute atomic E-state index is 0.00561. The summed E-state index contributed by atoms with van der Waals surface area (Å²) in [6.45, 7) is 2.00. The Morgan fingerprint density at radius 1 is 1.14 bits per heavy atom. The summed E-state index contributed by atoms with van der Waals surface area (Å²) in [5.41, 5.74) is 2.80. The molecule has 1 heterocycles. The van der Waals surface area contributed by atoms with Crippen LogP contribution in [0.5, 0.6) is 0 Å². The third-order valence-electron chi connectivity index (χ3n) is 3.42. The van der Waals surface area contributed by atoms with Crippen molar-refractivity contribution in [2.75, 3.05) is 5.32 Å². The maximum Gasteiger partial charge on any atom is 0.141 e. The minimum atomic E-state index is -0.403. The maximum absolute atomic E-state index is 13.2. The first-order chi connectivity index (χ1) is 10.1. The summed E-state index contributed by atoms with van der Waals surface area (Å²) < 4.78 is 13.2. The van der Waals surface area contributed by atoms with E-state index in [0.717, 1.165) is 22.2 Å². The van der Waals surface area contributed by atoms with Gasteiger partial charge in [-0.2, -0.15) is 0 Å². The second-order valence-corrected chi connectivity index (χ2v) is 5.36. The topological polar surface area (TPSA) is 24.9 Å². The Kier molecular flexibility index (Phi) is 3.76. The predicted octanol–water partition coefficient (Wildman–Crippen LogP) is 5.20. The Bertz CT molecular complexity index is 789. The van der Waals surface area contributed by atoms with Crippen LogP contribution >= 0.6 is 11.6 Å². The smallest absolute Gasteiger partial charge is 0.141 e. The molecule has 2 nitrogen and oxygen atoms in total. The predicted molar refractivity (Wildman–Crippen MR) is 85.2 cm³/mol. The summed E-state index contributed by atoms with van der Waals surface area (Å²) >= 11 is 5.82. The molecule has 0 radical (unpaired) electrons. The number of anilines is 1. The molecule has 3 aromatic rings. The fourth-order valence-electron chi connectivity index (χ4n) is 2.27. The molecule has 1 aromatic heterocycles. The lowest BCUT2D eigenvalue weighted by atomic mass is 10.1. The van der Waals surface area contributed by atoms with Gasteiger partial charge < -0.3 is 5.32 Å². The molecule has 106 valence electrons. The van der Waals surface area contributed by atoms with Crippen molar-refractivity contribution >= 4 is 28.2 Å². The van der Waals surface area contributed by atoms with Crippen molar-refractivity contribution in [2.24, 2.45) is 0 Å². The van der Waals surface area contributed by atoms with Crippen LogP contribution < -0.4 is 5.32 Å². The molecule has 0 spiro atoms. The number of pyridine rings is 1. The van der Waals surface area contributed by atoms with E-state index in [0.29, 0.717) is 0 Å². The van der Waals surface area contributed by atoms with E-state index < -0.39 is 5.82 Å². The van der Waals surface area contributed by atoms with Crippen LogP contribution in [-0.2, 0) is 0 Å². The van der Waals surface area contributed by atoms with Crippen LogP contribution in [0.4, 0.5) is 10.1 Å². The summed E-state index contributed by atoms with van der Waals surface area (Å²) in [7, 11) is 0. The van der Waals surface area contributed by atoms with E-state index in [4.69, 9.17) is 11.6 Å². The van der Waals surface area contributed by atoms with E-state index in [9.17, 15) is 4.39 Å². The van der Waals surface area contributed by atoms with Crippen molar-refractivity contribution < 1.29 is 4.39 Å². The van der Waals surface area contributed by atoms with E-state index >= 15 is 0 Å². The lowest BCUT2D eigenvalue weighted by Crippen LogP contribution is -2.07. The number of rotatable bonds is 3. The molecule has 2 aromatic carbocycles. The highest BCUT2D eigenvalue weighted by Crippen LogP contribution is 2.24. The van der Waals surface area contributed by atoms with Gasteiger partial charge in [-0.3, -0.25) is 4.98 Å². The molecule has 0 fully saturated rings. The fraction of sp³-hybridized carbons (Fsp3) is 0.118. The van der Waals surface area contributed by atoms with E-state index in [1.54, 1.807) is 18.3 Å². The largest absolute Gasteiger partial charge is 0.377 e. The number of nitrogens with one attached hydrogen (secondary N) is 1. The number of aromatic nitrogens is 1. The van der Waals surface area contributed by atoms with Gasteiger partial charge in [-0.15, -0.1) is 0 Å². The van der Waals surface area contributed by atoms with Crippen molar-refractivity contribution in [1.29, 1.82) is 0 Å². The molecule has 0 bridgehead atoms. The molecule has 0 aliphatic heterocycles. The Hall–Kier alpha value is -2.13. The van der Waals surface area contributed by atoms with E-state index in [-0.39, 0.29) is 11.1 Å². The zero-order chi connectivity index (χ0) is 14.8. The van der Waals surface area contributed by atoms with Gasteiger partial charge in [-0.1, -0.05) is 35.9 Å². The minimum Gasteiger partial charge on any atom is -0.377 e. The first kappa shape index (κ1) is 13.8. The molecular weight excluding hydrogens is 287 g/mol. The van der Waals surface area contributed by atoms with Gasteiger partial charge in [-0.05, 0) is 36.8 Å². The molecule has 0 amide bonds. The number of hydrogen-bond acceptors (Lipinski definition) is 2.